The van der Waals surface area contributed by atoms with Crippen LogP contribution in [0.4, 0.5) is 0 Å². The van der Waals surface area contributed by atoms with Crippen molar-refractivity contribution in [2.75, 3.05) is 13.2 Å². The highest BCUT2D eigenvalue weighted by atomic mass is 32.1. The van der Waals surface area contributed by atoms with Crippen LogP contribution >= 0.6 is 11.3 Å². The van der Waals surface area contributed by atoms with Crippen molar-refractivity contribution in [1.82, 2.24) is 14.9 Å². The van der Waals surface area contributed by atoms with Gasteiger partial charge in [0.15, 0.2) is 0 Å². The van der Waals surface area contributed by atoms with Crippen LogP contribution in [0.15, 0.2) is 22.6 Å². The predicted octanol–water partition coefficient (Wildman–Crippen LogP) is -0.0434. The lowest BCUT2D eigenvalue weighted by Gasteiger charge is -2.06. The summed E-state index contributed by atoms with van der Waals surface area (Å²) in [6.07, 6.45) is 1.88. The van der Waals surface area contributed by atoms with Gasteiger partial charge in [-0.1, -0.05) is 0 Å². The highest BCUT2D eigenvalue weighted by molar-refractivity contribution is 7.16. The molecule has 0 saturated carbocycles. The van der Waals surface area contributed by atoms with Gasteiger partial charge in [-0.2, -0.15) is 0 Å². The van der Waals surface area contributed by atoms with Gasteiger partial charge in [-0.3, -0.25) is 14.2 Å². The summed E-state index contributed by atoms with van der Waals surface area (Å²) in [5.41, 5.74) is -0.210. The van der Waals surface area contributed by atoms with E-state index < -0.39 is 0 Å². The van der Waals surface area contributed by atoms with Crippen LogP contribution in [0.2, 0.25) is 0 Å². The predicted molar refractivity (Wildman–Crippen MR) is 68.6 cm³/mol. The summed E-state index contributed by atoms with van der Waals surface area (Å²) in [5, 5.41) is 13.5. The molecule has 2 N–H and O–H groups in total. The van der Waals surface area contributed by atoms with Crippen LogP contribution in [0.1, 0.15) is 6.42 Å². The first-order valence-electron chi connectivity index (χ1n) is 5.52. The molecule has 0 radical (unpaired) electrons. The molecule has 96 valence electrons. The molecule has 1 amide bonds. The lowest BCUT2D eigenvalue weighted by molar-refractivity contribution is -0.121. The second-order valence-corrected chi connectivity index (χ2v) is 4.64. The fourth-order valence-corrected chi connectivity index (χ4v) is 2.25. The number of thiophene rings is 1. The number of amides is 1. The van der Waals surface area contributed by atoms with E-state index in [1.165, 1.54) is 22.2 Å². The number of hydrogen-bond acceptors (Lipinski definition) is 5. The van der Waals surface area contributed by atoms with Gasteiger partial charge in [-0.15, -0.1) is 11.3 Å². The normalized spacial score (nSPS) is 10.7. The number of rotatable bonds is 5. The fraction of sp³-hybridized carbons (Fsp3) is 0.364. The quantitative estimate of drug-likeness (QED) is 0.744. The molecule has 0 aliphatic rings. The zero-order valence-corrected chi connectivity index (χ0v) is 10.4. The molecule has 0 saturated heterocycles. The van der Waals surface area contributed by atoms with E-state index >= 15 is 0 Å². The third-order valence-electron chi connectivity index (χ3n) is 2.42. The minimum absolute atomic E-state index is 0.0304. The molecule has 0 aromatic carbocycles. The van der Waals surface area contributed by atoms with E-state index in [0.717, 1.165) is 0 Å². The van der Waals surface area contributed by atoms with E-state index in [2.05, 4.69) is 10.3 Å². The van der Waals surface area contributed by atoms with Crippen molar-refractivity contribution >= 4 is 27.5 Å². The molecule has 0 aliphatic carbocycles. The maximum Gasteiger partial charge on any atom is 0.262 e. The van der Waals surface area contributed by atoms with Gasteiger partial charge in [-0.05, 0) is 17.9 Å². The SMILES string of the molecule is O=C(Cn1cnc2sccc2c1=O)NCCCO. The van der Waals surface area contributed by atoms with Gasteiger partial charge in [0.2, 0.25) is 5.91 Å². The standard InChI is InChI=1S/C11H13N3O3S/c15-4-1-3-12-9(16)6-14-7-13-10-8(11(14)17)2-5-18-10/h2,5,7,15H,1,3-4,6H2,(H,12,16). The Morgan fingerprint density at radius 2 is 2.39 bits per heavy atom. The number of aliphatic hydroxyl groups excluding tert-OH is 1. The topological polar surface area (TPSA) is 84.2 Å². The van der Waals surface area contributed by atoms with Crippen molar-refractivity contribution in [2.45, 2.75) is 13.0 Å². The minimum atomic E-state index is -0.262. The Bertz CT molecular complexity index is 605. The van der Waals surface area contributed by atoms with Crippen molar-refractivity contribution in [3.8, 4) is 0 Å². The van der Waals surface area contributed by atoms with Gasteiger partial charge < -0.3 is 10.4 Å². The van der Waals surface area contributed by atoms with Crippen molar-refractivity contribution in [2.24, 2.45) is 0 Å². The molecule has 6 nitrogen and oxygen atoms in total. The first-order chi connectivity index (χ1) is 8.72. The summed E-state index contributed by atoms with van der Waals surface area (Å²) >= 11 is 1.39. The molecule has 7 heteroatoms. The lowest BCUT2D eigenvalue weighted by atomic mass is 10.4. The van der Waals surface area contributed by atoms with Gasteiger partial charge in [0.25, 0.3) is 5.56 Å². The van der Waals surface area contributed by atoms with Crippen LogP contribution in [0, 0.1) is 0 Å². The monoisotopic (exact) mass is 267 g/mol. The molecule has 0 aliphatic heterocycles. The van der Waals surface area contributed by atoms with Gasteiger partial charge in [0.05, 0.1) is 11.7 Å². The summed E-state index contributed by atoms with van der Waals surface area (Å²) in [6, 6.07) is 1.70. The lowest BCUT2D eigenvalue weighted by Crippen LogP contribution is -2.33. The van der Waals surface area contributed by atoms with Crippen molar-refractivity contribution in [3.63, 3.8) is 0 Å². The number of aliphatic hydroxyl groups is 1. The van der Waals surface area contributed by atoms with Gasteiger partial charge in [0, 0.05) is 13.2 Å². The first kappa shape index (κ1) is 12.7. The van der Waals surface area contributed by atoms with Crippen LogP contribution in [0.5, 0.6) is 0 Å². The van der Waals surface area contributed by atoms with Crippen LogP contribution in [0.3, 0.4) is 0 Å². The molecule has 2 aromatic heterocycles. The summed E-state index contributed by atoms with van der Waals surface area (Å²) in [7, 11) is 0. The molecule has 0 atom stereocenters. The molecular formula is C11H13N3O3S. The van der Waals surface area contributed by atoms with E-state index in [1.807, 2.05) is 0 Å². The van der Waals surface area contributed by atoms with Crippen molar-refractivity contribution < 1.29 is 9.90 Å². The Hall–Kier alpha value is -1.73. The number of aromatic nitrogens is 2. The number of hydrogen-bond donors (Lipinski definition) is 2. The minimum Gasteiger partial charge on any atom is -0.396 e. The first-order valence-corrected chi connectivity index (χ1v) is 6.40. The maximum atomic E-state index is 12.0. The van der Waals surface area contributed by atoms with Crippen molar-refractivity contribution in [3.05, 3.63) is 28.1 Å². The third kappa shape index (κ3) is 2.74. The molecule has 2 aromatic rings. The van der Waals surface area contributed by atoms with Crippen LogP contribution in [-0.2, 0) is 11.3 Å². The molecule has 0 fully saturated rings. The van der Waals surface area contributed by atoms with Gasteiger partial charge in [0.1, 0.15) is 11.4 Å². The van der Waals surface area contributed by atoms with E-state index in [9.17, 15) is 9.59 Å². The largest absolute Gasteiger partial charge is 0.396 e. The molecule has 2 rings (SSSR count). The fourth-order valence-electron chi connectivity index (χ4n) is 1.52. The summed E-state index contributed by atoms with van der Waals surface area (Å²) in [5.74, 6) is -0.262. The Labute approximate surface area is 107 Å². The molecule has 0 spiro atoms. The molecule has 0 unspecified atom stereocenters. The average Bonchev–Trinajstić information content (AvgIpc) is 2.82. The molecule has 0 bridgehead atoms. The van der Waals surface area contributed by atoms with E-state index in [-0.39, 0.29) is 24.6 Å². The van der Waals surface area contributed by atoms with Crippen LogP contribution in [0.25, 0.3) is 10.2 Å². The highest BCUT2D eigenvalue weighted by Gasteiger charge is 2.08. The van der Waals surface area contributed by atoms with Crippen LogP contribution < -0.4 is 10.9 Å². The van der Waals surface area contributed by atoms with Crippen molar-refractivity contribution in [1.29, 1.82) is 0 Å². The summed E-state index contributed by atoms with van der Waals surface area (Å²) < 4.78 is 1.28. The second kappa shape index (κ2) is 5.74. The highest BCUT2D eigenvalue weighted by Crippen LogP contribution is 2.12. The average molecular weight is 267 g/mol. The van der Waals surface area contributed by atoms with E-state index in [1.54, 1.807) is 11.4 Å². The number of fused-ring (bicyclic) bond motifs is 1. The Morgan fingerprint density at radius 1 is 1.56 bits per heavy atom. The number of nitrogens with one attached hydrogen (secondary N) is 1. The number of nitrogens with zero attached hydrogens (tertiary/aromatic N) is 2. The molecule has 18 heavy (non-hydrogen) atoms. The third-order valence-corrected chi connectivity index (χ3v) is 3.24. The van der Waals surface area contributed by atoms with E-state index in [4.69, 9.17) is 5.11 Å². The van der Waals surface area contributed by atoms with E-state index in [0.29, 0.717) is 23.2 Å². The molecular weight excluding hydrogens is 254 g/mol. The second-order valence-electron chi connectivity index (χ2n) is 3.74. The number of carbonyl (C=O) groups excluding carboxylic acids is 1. The van der Waals surface area contributed by atoms with Gasteiger partial charge >= 0.3 is 0 Å². The molecule has 2 heterocycles. The zero-order chi connectivity index (χ0) is 13.0. The zero-order valence-electron chi connectivity index (χ0n) is 9.63. The maximum absolute atomic E-state index is 12.0. The Morgan fingerprint density at radius 3 is 3.17 bits per heavy atom. The Balaban J connectivity index is 2.09. The Kier molecular flexibility index (Phi) is 4.06. The van der Waals surface area contributed by atoms with Gasteiger partial charge in [-0.25, -0.2) is 4.98 Å². The summed E-state index contributed by atoms with van der Waals surface area (Å²) in [6.45, 7) is 0.379. The van der Waals surface area contributed by atoms with Crippen LogP contribution in [-0.4, -0.2) is 33.7 Å². The smallest absolute Gasteiger partial charge is 0.262 e. The number of carbonyl (C=O) groups is 1. The summed E-state index contributed by atoms with van der Waals surface area (Å²) in [4.78, 5) is 28.3.